The number of aryl methyl sites for hydroxylation is 1. The van der Waals surface area contributed by atoms with Gasteiger partial charge in [-0.15, -0.1) is 0 Å². The molecule has 0 aromatic carbocycles. The van der Waals surface area contributed by atoms with Gasteiger partial charge in [0.2, 0.25) is 0 Å². The fraction of sp³-hybridized carbons (Fsp3) is 0.733. The minimum Gasteiger partial charge on any atom is -0.334 e. The fourth-order valence-corrected chi connectivity index (χ4v) is 3.68. The van der Waals surface area contributed by atoms with Gasteiger partial charge >= 0.3 is 0 Å². The van der Waals surface area contributed by atoms with Gasteiger partial charge in [0, 0.05) is 31.7 Å². The number of carbonyl (C=O) groups excluding carboxylic acids is 1. The molecular weight excluding hydrogens is 252 g/mol. The molecule has 1 aromatic rings. The van der Waals surface area contributed by atoms with Crippen molar-refractivity contribution < 1.29 is 4.79 Å². The maximum atomic E-state index is 12.8. The van der Waals surface area contributed by atoms with E-state index < -0.39 is 0 Å². The van der Waals surface area contributed by atoms with Crippen molar-refractivity contribution in [3.05, 3.63) is 18.2 Å². The Balaban J connectivity index is 1.78. The first-order valence-corrected chi connectivity index (χ1v) is 7.72. The van der Waals surface area contributed by atoms with E-state index in [1.54, 1.807) is 12.5 Å². The quantitative estimate of drug-likeness (QED) is 0.908. The highest BCUT2D eigenvalue weighted by atomic mass is 16.2. The van der Waals surface area contributed by atoms with Crippen molar-refractivity contribution in [3.63, 3.8) is 0 Å². The number of carbonyl (C=O) groups is 1. The molecule has 2 bridgehead atoms. The topological polar surface area (TPSA) is 50.2 Å². The van der Waals surface area contributed by atoms with Crippen LogP contribution in [0.3, 0.4) is 0 Å². The van der Waals surface area contributed by atoms with E-state index in [9.17, 15) is 4.79 Å². The normalized spacial score (nSPS) is 28.6. The van der Waals surface area contributed by atoms with Gasteiger partial charge in [0.25, 0.3) is 5.91 Å². The number of hydrogen-bond donors (Lipinski definition) is 1. The lowest BCUT2D eigenvalue weighted by Crippen LogP contribution is -2.50. The first-order chi connectivity index (χ1) is 9.69. The lowest BCUT2D eigenvalue weighted by Gasteiger charge is -2.37. The Bertz CT molecular complexity index is 472. The molecule has 2 fully saturated rings. The third kappa shape index (κ3) is 2.46. The lowest BCUT2D eigenvalue weighted by atomic mass is 9.97. The van der Waals surface area contributed by atoms with E-state index in [0.717, 1.165) is 25.8 Å². The Morgan fingerprint density at radius 1 is 1.45 bits per heavy atom. The molecule has 2 saturated heterocycles. The maximum absolute atomic E-state index is 12.8. The number of fused-ring (bicyclic) bond motifs is 2. The molecule has 1 amide bonds. The van der Waals surface area contributed by atoms with Gasteiger partial charge in [-0.25, -0.2) is 4.98 Å². The average molecular weight is 276 g/mol. The van der Waals surface area contributed by atoms with Crippen LogP contribution in [-0.2, 0) is 7.05 Å². The van der Waals surface area contributed by atoms with Crippen LogP contribution in [-0.4, -0.2) is 45.0 Å². The number of hydrogen-bond acceptors (Lipinski definition) is 3. The highest BCUT2D eigenvalue weighted by Gasteiger charge is 2.37. The molecule has 5 heteroatoms. The number of amides is 1. The van der Waals surface area contributed by atoms with Crippen LogP contribution in [0.2, 0.25) is 0 Å². The number of imidazole rings is 1. The second kappa shape index (κ2) is 5.56. The lowest BCUT2D eigenvalue weighted by molar-refractivity contribution is 0.0607. The molecule has 2 atom stereocenters. The van der Waals surface area contributed by atoms with Crippen LogP contribution in [0.25, 0.3) is 0 Å². The molecule has 0 aliphatic carbocycles. The Morgan fingerprint density at radius 3 is 2.70 bits per heavy atom. The van der Waals surface area contributed by atoms with Crippen molar-refractivity contribution in [2.45, 2.75) is 57.2 Å². The standard InChI is InChI=1S/C15H24N4O/c1-3-6-19(15(20)14-9-16-10-18(14)2)13-7-11-4-5-12(8-13)17-11/h9-13,17H,3-8H2,1-2H3. The number of aromatic nitrogens is 2. The van der Waals surface area contributed by atoms with Crippen molar-refractivity contribution in [1.82, 2.24) is 19.8 Å². The van der Waals surface area contributed by atoms with Crippen molar-refractivity contribution in [3.8, 4) is 0 Å². The molecule has 2 aliphatic rings. The molecule has 20 heavy (non-hydrogen) atoms. The van der Waals surface area contributed by atoms with E-state index in [1.807, 2.05) is 11.6 Å². The fourth-order valence-electron chi connectivity index (χ4n) is 3.68. The molecular formula is C15H24N4O. The van der Waals surface area contributed by atoms with Crippen molar-refractivity contribution in [2.24, 2.45) is 7.05 Å². The second-order valence-electron chi connectivity index (χ2n) is 6.15. The van der Waals surface area contributed by atoms with Crippen LogP contribution in [0.4, 0.5) is 0 Å². The predicted molar refractivity (Wildman–Crippen MR) is 77.5 cm³/mol. The molecule has 2 unspecified atom stereocenters. The molecule has 0 saturated carbocycles. The SMILES string of the molecule is CCCN(C(=O)c1cncn1C)C1CC2CCC(C1)N2. The molecule has 1 aromatic heterocycles. The van der Waals surface area contributed by atoms with Gasteiger partial charge < -0.3 is 14.8 Å². The number of nitrogens with zero attached hydrogens (tertiary/aromatic N) is 3. The zero-order valence-electron chi connectivity index (χ0n) is 12.4. The van der Waals surface area contributed by atoms with Crippen LogP contribution in [0.1, 0.15) is 49.5 Å². The van der Waals surface area contributed by atoms with E-state index in [1.165, 1.54) is 12.8 Å². The van der Waals surface area contributed by atoms with E-state index in [0.29, 0.717) is 23.8 Å². The van der Waals surface area contributed by atoms with Gasteiger partial charge in [-0.2, -0.15) is 0 Å². The minimum absolute atomic E-state index is 0.137. The van der Waals surface area contributed by atoms with Gasteiger partial charge in [0.15, 0.2) is 0 Å². The summed E-state index contributed by atoms with van der Waals surface area (Å²) in [6.07, 6.45) is 9.11. The average Bonchev–Trinajstić information content (AvgIpc) is 3.01. The summed E-state index contributed by atoms with van der Waals surface area (Å²) >= 11 is 0. The second-order valence-corrected chi connectivity index (χ2v) is 6.15. The van der Waals surface area contributed by atoms with E-state index in [4.69, 9.17) is 0 Å². The molecule has 0 radical (unpaired) electrons. The van der Waals surface area contributed by atoms with Gasteiger partial charge in [-0.1, -0.05) is 6.92 Å². The minimum atomic E-state index is 0.137. The van der Waals surface area contributed by atoms with Gasteiger partial charge in [-0.3, -0.25) is 4.79 Å². The zero-order chi connectivity index (χ0) is 14.1. The van der Waals surface area contributed by atoms with Gasteiger partial charge in [-0.05, 0) is 32.1 Å². The number of nitrogens with one attached hydrogen (secondary N) is 1. The molecule has 1 N–H and O–H groups in total. The first-order valence-electron chi connectivity index (χ1n) is 7.72. The van der Waals surface area contributed by atoms with E-state index in [2.05, 4.69) is 22.1 Å². The molecule has 5 nitrogen and oxygen atoms in total. The molecule has 3 rings (SSSR count). The summed E-state index contributed by atoms with van der Waals surface area (Å²) in [7, 11) is 1.89. The summed E-state index contributed by atoms with van der Waals surface area (Å²) in [6.45, 7) is 2.98. The zero-order valence-corrected chi connectivity index (χ0v) is 12.4. The highest BCUT2D eigenvalue weighted by Crippen LogP contribution is 2.30. The van der Waals surface area contributed by atoms with Crippen LogP contribution >= 0.6 is 0 Å². The molecule has 2 aliphatic heterocycles. The summed E-state index contributed by atoms with van der Waals surface area (Å²) in [4.78, 5) is 19.0. The monoisotopic (exact) mass is 276 g/mol. The summed E-state index contributed by atoms with van der Waals surface area (Å²) in [5.74, 6) is 0.137. The smallest absolute Gasteiger partial charge is 0.272 e. The number of rotatable bonds is 4. The van der Waals surface area contributed by atoms with Crippen LogP contribution in [0.5, 0.6) is 0 Å². The van der Waals surface area contributed by atoms with E-state index in [-0.39, 0.29) is 5.91 Å². The van der Waals surface area contributed by atoms with Crippen LogP contribution in [0, 0.1) is 0 Å². The van der Waals surface area contributed by atoms with Crippen molar-refractivity contribution in [1.29, 1.82) is 0 Å². The molecule has 3 heterocycles. The molecule has 0 spiro atoms. The van der Waals surface area contributed by atoms with Gasteiger partial charge in [0.05, 0.1) is 12.5 Å². The van der Waals surface area contributed by atoms with Crippen molar-refractivity contribution >= 4 is 5.91 Å². The predicted octanol–water partition coefficient (Wildman–Crippen LogP) is 1.56. The first kappa shape index (κ1) is 13.6. The third-order valence-electron chi connectivity index (χ3n) is 4.65. The van der Waals surface area contributed by atoms with Crippen LogP contribution in [0.15, 0.2) is 12.5 Å². The Hall–Kier alpha value is -1.36. The third-order valence-corrected chi connectivity index (χ3v) is 4.65. The maximum Gasteiger partial charge on any atom is 0.272 e. The molecule has 110 valence electrons. The Labute approximate surface area is 120 Å². The summed E-state index contributed by atoms with van der Waals surface area (Å²) < 4.78 is 1.82. The van der Waals surface area contributed by atoms with Crippen molar-refractivity contribution in [2.75, 3.05) is 6.54 Å². The van der Waals surface area contributed by atoms with E-state index >= 15 is 0 Å². The highest BCUT2D eigenvalue weighted by molar-refractivity contribution is 5.92. The Kier molecular flexibility index (Phi) is 3.78. The summed E-state index contributed by atoms with van der Waals surface area (Å²) in [5, 5.41) is 3.65. The van der Waals surface area contributed by atoms with Gasteiger partial charge in [0.1, 0.15) is 5.69 Å². The Morgan fingerprint density at radius 2 is 2.15 bits per heavy atom. The van der Waals surface area contributed by atoms with Crippen LogP contribution < -0.4 is 5.32 Å². The summed E-state index contributed by atoms with van der Waals surface area (Å²) in [5.41, 5.74) is 0.698. The largest absolute Gasteiger partial charge is 0.334 e. The number of piperidine rings is 1. The summed E-state index contributed by atoms with van der Waals surface area (Å²) in [6, 6.07) is 1.60.